The molecule has 32 heavy (non-hydrogen) atoms. The second-order valence-electron chi connectivity index (χ2n) is 8.57. The zero-order valence-electron chi connectivity index (χ0n) is 20.2. The number of amidine groups is 1. The molecule has 0 fully saturated rings. The number of aryl methyl sites for hydroxylation is 1. The number of phenols is 2. The molecule has 0 bridgehead atoms. The van der Waals surface area contributed by atoms with Gasteiger partial charge in [-0.25, -0.2) is 0 Å². The minimum atomic E-state index is -0.383. The number of carbonyl (C=O) groups excluding carboxylic acids is 1. The maximum absolute atomic E-state index is 13.2. The zero-order valence-corrected chi connectivity index (χ0v) is 20.2. The number of nitrogens with zero attached hydrogens (tertiary/aromatic N) is 2. The fourth-order valence-electron chi connectivity index (χ4n) is 3.46. The van der Waals surface area contributed by atoms with Crippen molar-refractivity contribution < 1.29 is 15.0 Å². The molecule has 0 aromatic heterocycles. The monoisotopic (exact) mass is 444 g/mol. The molecule has 0 saturated heterocycles. The normalized spacial score (nSPS) is 12.0. The molecule has 0 unspecified atom stereocenters. The molecule has 0 spiro atoms. The summed E-state index contributed by atoms with van der Waals surface area (Å²) in [6, 6.07) is 1.61. The third-order valence-corrected chi connectivity index (χ3v) is 5.39. The second kappa shape index (κ2) is 13.5. The summed E-state index contributed by atoms with van der Waals surface area (Å²) in [6.45, 7) is 8.31. The van der Waals surface area contributed by atoms with Gasteiger partial charge in [-0.05, 0) is 64.5 Å². The number of hydrogen-bond donors (Lipinski definition) is 4. The van der Waals surface area contributed by atoms with Crippen LogP contribution in [0.5, 0.6) is 11.5 Å². The quantitative estimate of drug-likeness (QED) is 0.0951. The van der Waals surface area contributed by atoms with E-state index < -0.39 is 0 Å². The van der Waals surface area contributed by atoms with Crippen LogP contribution in [0.1, 0.15) is 81.3 Å². The highest BCUT2D eigenvalue weighted by Gasteiger charge is 2.25. The first-order chi connectivity index (χ1) is 15.1. The van der Waals surface area contributed by atoms with E-state index in [-0.39, 0.29) is 35.4 Å². The number of aromatic hydroxyl groups is 2. The number of phenolic OH excluding ortho intramolecular Hbond substituents is 2. The number of benzene rings is 1. The lowest BCUT2D eigenvalue weighted by molar-refractivity contribution is 0.0810. The maximum atomic E-state index is 13.2. The molecule has 0 aliphatic rings. The van der Waals surface area contributed by atoms with E-state index in [2.05, 4.69) is 31.9 Å². The van der Waals surface area contributed by atoms with Crippen LogP contribution in [0.25, 0.3) is 0 Å². The summed E-state index contributed by atoms with van der Waals surface area (Å²) in [5, 5.41) is 25.1. The molecule has 0 atom stereocenters. The summed E-state index contributed by atoms with van der Waals surface area (Å²) >= 11 is 0. The number of rotatable bonds is 12. The van der Waals surface area contributed by atoms with Gasteiger partial charge >= 0.3 is 0 Å². The van der Waals surface area contributed by atoms with Crippen LogP contribution in [0.3, 0.4) is 0 Å². The standard InChI is InChI=1S/C25H40N4O3/c1-6-7-8-12-19-15-21(30)20(14-13-18(4)11-9-10-17(2)3)24(31)23(19)25(32)29(5)16-22(26)28-27/h10,13,15,30-31H,6-9,11-12,14,16,27H2,1-5H3,(H2,26,28)/b18-13+. The molecule has 0 aliphatic carbocycles. The Kier molecular flexibility index (Phi) is 11.4. The molecule has 1 rings (SSSR count). The number of hydrazone groups is 1. The van der Waals surface area contributed by atoms with Crippen molar-refractivity contribution in [2.75, 3.05) is 13.6 Å². The maximum Gasteiger partial charge on any atom is 0.258 e. The summed E-state index contributed by atoms with van der Waals surface area (Å²) in [5.74, 6) is 4.75. The molecule has 0 saturated carbocycles. The molecular formula is C25H40N4O3. The van der Waals surface area contributed by atoms with Gasteiger partial charge in [0.1, 0.15) is 17.3 Å². The number of likely N-dealkylation sites (N-methyl/N-ethyl adjacent to an activating group) is 1. The second-order valence-corrected chi connectivity index (χ2v) is 8.57. The van der Waals surface area contributed by atoms with Crippen molar-refractivity contribution in [1.29, 1.82) is 0 Å². The lowest BCUT2D eigenvalue weighted by Gasteiger charge is -2.21. The number of nitrogens with two attached hydrogens (primary N) is 2. The van der Waals surface area contributed by atoms with Gasteiger partial charge in [0.2, 0.25) is 0 Å². The lowest BCUT2D eigenvalue weighted by atomic mass is 9.94. The Morgan fingerprint density at radius 2 is 1.88 bits per heavy atom. The molecule has 1 amide bonds. The van der Waals surface area contributed by atoms with E-state index in [1.807, 2.05) is 13.0 Å². The molecule has 1 aromatic carbocycles. The van der Waals surface area contributed by atoms with E-state index in [9.17, 15) is 15.0 Å². The topological polar surface area (TPSA) is 125 Å². The van der Waals surface area contributed by atoms with E-state index in [0.29, 0.717) is 24.0 Å². The van der Waals surface area contributed by atoms with Crippen LogP contribution in [-0.4, -0.2) is 40.4 Å². The average Bonchev–Trinajstić information content (AvgIpc) is 2.72. The summed E-state index contributed by atoms with van der Waals surface area (Å²) < 4.78 is 0. The van der Waals surface area contributed by atoms with Gasteiger partial charge in [-0.15, -0.1) is 0 Å². The first-order valence-corrected chi connectivity index (χ1v) is 11.3. The molecule has 0 aliphatic heterocycles. The van der Waals surface area contributed by atoms with Crippen molar-refractivity contribution >= 4 is 11.7 Å². The third kappa shape index (κ3) is 8.29. The van der Waals surface area contributed by atoms with E-state index in [0.717, 1.165) is 37.7 Å². The van der Waals surface area contributed by atoms with Gasteiger partial charge in [0.15, 0.2) is 0 Å². The molecule has 0 radical (unpaired) electrons. The SMILES string of the molecule is CCCCCc1cc(O)c(C/C=C(\C)CCC=C(C)C)c(O)c1C(=O)N(C)C/C(N)=N/N. The fraction of sp³-hybridized carbons (Fsp3) is 0.520. The first kappa shape index (κ1) is 27.1. The van der Waals surface area contributed by atoms with Crippen molar-refractivity contribution in [3.63, 3.8) is 0 Å². The van der Waals surface area contributed by atoms with Gasteiger partial charge in [-0.3, -0.25) is 4.79 Å². The van der Waals surface area contributed by atoms with Gasteiger partial charge in [0, 0.05) is 12.6 Å². The highest BCUT2D eigenvalue weighted by atomic mass is 16.3. The highest BCUT2D eigenvalue weighted by molar-refractivity contribution is 6.01. The molecular weight excluding hydrogens is 404 g/mol. The molecule has 1 aromatic rings. The summed E-state index contributed by atoms with van der Waals surface area (Å²) in [5.41, 5.74) is 9.29. The van der Waals surface area contributed by atoms with Gasteiger partial charge in [-0.1, -0.05) is 43.1 Å². The number of allylic oxidation sites excluding steroid dienone is 4. The van der Waals surface area contributed by atoms with Crippen LogP contribution >= 0.6 is 0 Å². The van der Waals surface area contributed by atoms with E-state index in [4.69, 9.17) is 11.6 Å². The average molecular weight is 445 g/mol. The predicted octanol–water partition coefficient (Wildman–Crippen LogP) is 4.37. The van der Waals surface area contributed by atoms with Gasteiger partial charge in [0.05, 0.1) is 12.1 Å². The van der Waals surface area contributed by atoms with Crippen molar-refractivity contribution in [2.45, 2.75) is 72.6 Å². The third-order valence-electron chi connectivity index (χ3n) is 5.39. The Morgan fingerprint density at radius 1 is 1.19 bits per heavy atom. The van der Waals surface area contributed by atoms with E-state index in [1.54, 1.807) is 13.1 Å². The summed E-state index contributed by atoms with van der Waals surface area (Å²) in [7, 11) is 1.58. The van der Waals surface area contributed by atoms with Crippen LogP contribution in [0.2, 0.25) is 0 Å². The Bertz CT molecular complexity index is 868. The Balaban J connectivity index is 3.29. The smallest absolute Gasteiger partial charge is 0.258 e. The summed E-state index contributed by atoms with van der Waals surface area (Å²) in [6.07, 6.45) is 9.81. The van der Waals surface area contributed by atoms with Crippen LogP contribution in [0, 0.1) is 0 Å². The van der Waals surface area contributed by atoms with Crippen LogP contribution in [0.15, 0.2) is 34.5 Å². The molecule has 178 valence electrons. The van der Waals surface area contributed by atoms with Crippen molar-refractivity contribution in [1.82, 2.24) is 4.90 Å². The molecule has 7 heteroatoms. The van der Waals surface area contributed by atoms with Crippen molar-refractivity contribution in [2.24, 2.45) is 16.7 Å². The van der Waals surface area contributed by atoms with Crippen LogP contribution in [0.4, 0.5) is 0 Å². The lowest BCUT2D eigenvalue weighted by Crippen LogP contribution is -2.36. The number of unbranched alkanes of at least 4 members (excludes halogenated alkanes) is 2. The van der Waals surface area contributed by atoms with Gasteiger partial charge in [0.25, 0.3) is 5.91 Å². The van der Waals surface area contributed by atoms with Gasteiger partial charge < -0.3 is 26.7 Å². The fourth-order valence-corrected chi connectivity index (χ4v) is 3.46. The summed E-state index contributed by atoms with van der Waals surface area (Å²) in [4.78, 5) is 14.6. The Hall–Kier alpha value is -2.96. The van der Waals surface area contributed by atoms with Crippen LogP contribution < -0.4 is 11.6 Å². The first-order valence-electron chi connectivity index (χ1n) is 11.3. The minimum absolute atomic E-state index is 0.00424. The van der Waals surface area contributed by atoms with E-state index >= 15 is 0 Å². The molecule has 0 heterocycles. The largest absolute Gasteiger partial charge is 0.508 e. The van der Waals surface area contributed by atoms with E-state index in [1.165, 1.54) is 10.5 Å². The van der Waals surface area contributed by atoms with Crippen molar-refractivity contribution in [3.05, 3.63) is 46.1 Å². The number of amides is 1. The predicted molar refractivity (Wildman–Crippen MR) is 132 cm³/mol. The Morgan fingerprint density at radius 3 is 2.47 bits per heavy atom. The van der Waals surface area contributed by atoms with Gasteiger partial charge in [-0.2, -0.15) is 5.10 Å². The number of carbonyl (C=O) groups is 1. The zero-order chi connectivity index (χ0) is 24.3. The van der Waals surface area contributed by atoms with Crippen molar-refractivity contribution in [3.8, 4) is 11.5 Å². The highest BCUT2D eigenvalue weighted by Crippen LogP contribution is 2.36. The van der Waals surface area contributed by atoms with Crippen LogP contribution in [-0.2, 0) is 12.8 Å². The Labute approximate surface area is 192 Å². The molecule has 7 nitrogen and oxygen atoms in total. The minimum Gasteiger partial charge on any atom is -0.508 e. The molecule has 6 N–H and O–H groups in total. The number of hydrogen-bond acceptors (Lipinski definition) is 5.